The van der Waals surface area contributed by atoms with Gasteiger partial charge in [-0.2, -0.15) is 0 Å². The van der Waals surface area contributed by atoms with Gasteiger partial charge < -0.3 is 19.9 Å². The molecule has 4 fully saturated rings. The molecule has 0 unspecified atom stereocenters. The van der Waals surface area contributed by atoms with Gasteiger partial charge in [0.2, 0.25) is 5.91 Å². The van der Waals surface area contributed by atoms with Crippen molar-refractivity contribution in [2.45, 2.75) is 108 Å². The number of aromatic nitrogens is 3. The first-order valence-electron chi connectivity index (χ1n) is 15.1. The number of ether oxygens (including phenoxy) is 2. The number of aliphatic hydroxyl groups is 1. The third kappa shape index (κ3) is 5.64. The summed E-state index contributed by atoms with van der Waals surface area (Å²) in [5.74, 6) is 0.715. The molecule has 3 aromatic rings. The number of amides is 1. The van der Waals surface area contributed by atoms with E-state index in [0.717, 1.165) is 66.4 Å². The maximum absolute atomic E-state index is 13.1. The van der Waals surface area contributed by atoms with Crippen molar-refractivity contribution in [2.24, 2.45) is 5.92 Å². The van der Waals surface area contributed by atoms with Crippen LogP contribution in [0.25, 0.3) is 21.3 Å². The Hall–Kier alpha value is -2.50. The van der Waals surface area contributed by atoms with Crippen LogP contribution in [0.15, 0.2) is 30.6 Å². The molecule has 41 heavy (non-hydrogen) atoms. The highest BCUT2D eigenvalue weighted by molar-refractivity contribution is 7.22. The van der Waals surface area contributed by atoms with Crippen LogP contribution >= 0.6 is 11.3 Å². The van der Waals surface area contributed by atoms with E-state index in [-0.39, 0.29) is 29.6 Å². The number of nitrogens with zero attached hydrogens (tertiary/aromatic N) is 4. The Kier molecular flexibility index (Phi) is 7.31. The lowest BCUT2D eigenvalue weighted by Gasteiger charge is -2.53. The summed E-state index contributed by atoms with van der Waals surface area (Å²) in [6, 6.07) is 7.04. The molecule has 10 heteroatoms. The number of rotatable bonds is 7. The number of anilines is 1. The Bertz CT molecular complexity index is 1410. The van der Waals surface area contributed by atoms with Gasteiger partial charge in [-0.25, -0.2) is 15.0 Å². The second-order valence-electron chi connectivity index (χ2n) is 12.8. The van der Waals surface area contributed by atoms with E-state index in [1.165, 1.54) is 24.2 Å². The molecule has 4 aliphatic rings. The van der Waals surface area contributed by atoms with Gasteiger partial charge in [-0.15, -0.1) is 0 Å². The first-order valence-corrected chi connectivity index (χ1v) is 15.9. The molecule has 0 bridgehead atoms. The number of morpholine rings is 1. The third-order valence-corrected chi connectivity index (χ3v) is 10.3. The number of hydrogen-bond acceptors (Lipinski definition) is 9. The molecule has 2 N–H and O–H groups in total. The van der Waals surface area contributed by atoms with Gasteiger partial charge >= 0.3 is 0 Å². The highest BCUT2D eigenvalue weighted by Gasteiger charge is 2.49. The summed E-state index contributed by atoms with van der Waals surface area (Å²) in [7, 11) is 0. The Balaban J connectivity index is 0.952. The van der Waals surface area contributed by atoms with Crippen LogP contribution in [0.4, 0.5) is 5.13 Å². The zero-order valence-corrected chi connectivity index (χ0v) is 24.6. The molecule has 3 heterocycles. The number of hydrogen-bond donors (Lipinski definition) is 2. The largest absolute Gasteiger partial charge is 0.390 e. The number of thiazole rings is 1. The van der Waals surface area contributed by atoms with E-state index in [4.69, 9.17) is 9.47 Å². The van der Waals surface area contributed by atoms with Crippen LogP contribution in [0.5, 0.6) is 0 Å². The van der Waals surface area contributed by atoms with Gasteiger partial charge in [0.05, 0.1) is 34.1 Å². The van der Waals surface area contributed by atoms with Gasteiger partial charge in [0.25, 0.3) is 0 Å². The van der Waals surface area contributed by atoms with Gasteiger partial charge in [0, 0.05) is 42.5 Å². The van der Waals surface area contributed by atoms with Gasteiger partial charge in [-0.05, 0) is 82.9 Å². The van der Waals surface area contributed by atoms with E-state index in [0.29, 0.717) is 35.8 Å². The highest BCUT2D eigenvalue weighted by atomic mass is 32.1. The fourth-order valence-corrected chi connectivity index (χ4v) is 8.03. The molecule has 1 aliphatic heterocycles. The molecule has 1 amide bonds. The Labute approximate surface area is 244 Å². The van der Waals surface area contributed by atoms with Crippen LogP contribution in [-0.4, -0.2) is 73.4 Å². The zero-order chi connectivity index (χ0) is 28.1. The molecule has 7 rings (SSSR count). The first-order chi connectivity index (χ1) is 19.8. The second kappa shape index (κ2) is 11.0. The van der Waals surface area contributed by atoms with Crippen LogP contribution in [0.2, 0.25) is 0 Å². The van der Waals surface area contributed by atoms with E-state index in [1.807, 2.05) is 12.1 Å². The quantitative estimate of drug-likeness (QED) is 0.407. The second-order valence-corrected chi connectivity index (χ2v) is 13.9. The van der Waals surface area contributed by atoms with Gasteiger partial charge in [0.15, 0.2) is 11.0 Å². The van der Waals surface area contributed by atoms with Crippen LogP contribution in [-0.2, 0) is 20.9 Å². The van der Waals surface area contributed by atoms with Crippen LogP contribution in [0.3, 0.4) is 0 Å². The Morgan fingerprint density at radius 3 is 2.73 bits per heavy atom. The standard InChI is InChI=1S/C31H39N5O4S/c1-31(2)17-36(23-5-3-7-25(23)40-31)21-11-19(12-21)29(38)35-30-34-22-10-9-18(13-27(22)41-30)20-14-32-28(33-15-20)16-39-26-8-4-6-24(26)37/h9-10,13-15,19,21,23-26,37H,3-8,11-12,16-17H2,1-2H3,(H,34,35,38)/t19?,21?,23-,24+,25-,26+/m1/s1. The predicted octanol–water partition coefficient (Wildman–Crippen LogP) is 4.93. The third-order valence-electron chi connectivity index (χ3n) is 9.33. The van der Waals surface area contributed by atoms with E-state index in [9.17, 15) is 9.90 Å². The molecule has 1 aromatic carbocycles. The lowest BCUT2D eigenvalue weighted by molar-refractivity contribution is -0.174. The summed E-state index contributed by atoms with van der Waals surface area (Å²) in [4.78, 5) is 29.4. The van der Waals surface area contributed by atoms with Gasteiger partial charge in [-0.1, -0.05) is 17.4 Å². The van der Waals surface area contributed by atoms with Crippen molar-refractivity contribution in [3.8, 4) is 11.1 Å². The number of carbonyl (C=O) groups is 1. The van der Waals surface area contributed by atoms with Crippen molar-refractivity contribution < 1.29 is 19.4 Å². The van der Waals surface area contributed by atoms with Gasteiger partial charge in [0.1, 0.15) is 6.61 Å². The lowest BCUT2D eigenvalue weighted by atomic mass is 9.77. The number of benzene rings is 1. The van der Waals surface area contributed by atoms with Crippen molar-refractivity contribution in [3.63, 3.8) is 0 Å². The fourth-order valence-electron chi connectivity index (χ4n) is 7.13. The molecule has 3 saturated carbocycles. The molecule has 4 atom stereocenters. The molecular weight excluding hydrogens is 538 g/mol. The predicted molar refractivity (Wildman–Crippen MR) is 158 cm³/mol. The molecule has 3 aliphatic carbocycles. The average Bonchev–Trinajstić information content (AvgIpc) is 3.65. The summed E-state index contributed by atoms with van der Waals surface area (Å²) in [5, 5.41) is 13.7. The molecule has 0 radical (unpaired) electrons. The molecule has 9 nitrogen and oxygen atoms in total. The topological polar surface area (TPSA) is 110 Å². The molecular formula is C31H39N5O4S. The average molecular weight is 578 g/mol. The molecule has 218 valence electrons. The number of fused-ring (bicyclic) bond motifs is 2. The van der Waals surface area contributed by atoms with E-state index < -0.39 is 0 Å². The lowest BCUT2D eigenvalue weighted by Crippen LogP contribution is -2.62. The van der Waals surface area contributed by atoms with Crippen LogP contribution in [0.1, 0.15) is 71.0 Å². The van der Waals surface area contributed by atoms with E-state index in [2.05, 4.69) is 45.1 Å². The summed E-state index contributed by atoms with van der Waals surface area (Å²) < 4.78 is 13.2. The van der Waals surface area contributed by atoms with E-state index >= 15 is 0 Å². The molecule has 1 saturated heterocycles. The van der Waals surface area contributed by atoms with E-state index in [1.54, 1.807) is 12.4 Å². The summed E-state index contributed by atoms with van der Waals surface area (Å²) in [6.07, 6.45) is 11.5. The van der Waals surface area contributed by atoms with Crippen LogP contribution in [0, 0.1) is 5.92 Å². The SMILES string of the molecule is CC1(C)CN(C2CC(C(=O)Nc3nc4ccc(-c5cnc(CO[C@H]6CCC[C@@H]6O)nc5)cc4s3)C2)[C@@H]2CCC[C@H]2O1. The number of nitrogens with one attached hydrogen (secondary N) is 1. The Morgan fingerprint density at radius 1 is 1.15 bits per heavy atom. The minimum Gasteiger partial charge on any atom is -0.390 e. The fraction of sp³-hybridized carbons (Fsp3) is 0.613. The van der Waals surface area contributed by atoms with Crippen molar-refractivity contribution in [1.29, 1.82) is 0 Å². The first kappa shape index (κ1) is 27.3. The summed E-state index contributed by atoms with van der Waals surface area (Å²) >= 11 is 1.50. The monoisotopic (exact) mass is 577 g/mol. The number of aliphatic hydroxyl groups excluding tert-OH is 1. The Morgan fingerprint density at radius 2 is 1.95 bits per heavy atom. The molecule has 0 spiro atoms. The maximum Gasteiger partial charge on any atom is 0.229 e. The maximum atomic E-state index is 13.1. The summed E-state index contributed by atoms with van der Waals surface area (Å²) in [5.41, 5.74) is 2.65. The zero-order valence-electron chi connectivity index (χ0n) is 23.8. The van der Waals surface area contributed by atoms with Crippen molar-refractivity contribution in [3.05, 3.63) is 36.4 Å². The highest BCUT2D eigenvalue weighted by Crippen LogP contribution is 2.42. The summed E-state index contributed by atoms with van der Waals surface area (Å²) in [6.45, 7) is 5.63. The van der Waals surface area contributed by atoms with Crippen molar-refractivity contribution in [2.75, 3.05) is 11.9 Å². The minimum atomic E-state index is -0.386. The normalized spacial score (nSPS) is 31.2. The number of carbonyl (C=O) groups excluding carboxylic acids is 1. The minimum absolute atomic E-state index is 0.0324. The van der Waals surface area contributed by atoms with Crippen molar-refractivity contribution >= 4 is 32.6 Å². The smallest absolute Gasteiger partial charge is 0.229 e. The van der Waals surface area contributed by atoms with Crippen LogP contribution < -0.4 is 5.32 Å². The van der Waals surface area contributed by atoms with Gasteiger partial charge in [-0.3, -0.25) is 9.69 Å². The molecule has 2 aromatic heterocycles. The van der Waals surface area contributed by atoms with Crippen molar-refractivity contribution in [1.82, 2.24) is 19.9 Å².